The van der Waals surface area contributed by atoms with E-state index < -0.39 is 17.1 Å². The van der Waals surface area contributed by atoms with Crippen molar-refractivity contribution in [3.05, 3.63) is 0 Å². The smallest absolute Gasteiger partial charge is 0.323 e. The number of carbonyl (C=O) groups is 2. The van der Waals surface area contributed by atoms with Crippen molar-refractivity contribution in [3.63, 3.8) is 0 Å². The maximum atomic E-state index is 11.9. The lowest BCUT2D eigenvalue weighted by Gasteiger charge is -2.35. The fourth-order valence-corrected chi connectivity index (χ4v) is 1.19. The first-order valence-corrected chi connectivity index (χ1v) is 5.60. The molecule has 0 fully saturated rings. The van der Waals surface area contributed by atoms with E-state index in [-0.39, 0.29) is 19.1 Å². The fraction of sp³-hybridized carbons (Fsp3) is 0.833. The molecule has 0 atom stereocenters. The molecule has 0 heterocycles. The normalized spacial score (nSPS) is 12.4. The predicted molar refractivity (Wildman–Crippen MR) is 64.8 cm³/mol. The van der Waals surface area contributed by atoms with E-state index in [0.717, 1.165) is 0 Å². The molecule has 0 aromatic rings. The van der Waals surface area contributed by atoms with E-state index in [2.05, 4.69) is 0 Å². The minimum absolute atomic E-state index is 0.103. The van der Waals surface area contributed by atoms with Gasteiger partial charge in [-0.15, -0.1) is 0 Å². The molecule has 0 saturated heterocycles. The summed E-state index contributed by atoms with van der Waals surface area (Å²) in [6.07, 6.45) is 0. The van der Waals surface area contributed by atoms with Crippen LogP contribution in [0.15, 0.2) is 0 Å². The highest BCUT2D eigenvalue weighted by molar-refractivity contribution is 5.82. The Bertz CT molecular complexity index is 286. The summed E-state index contributed by atoms with van der Waals surface area (Å²) in [6, 6.07) is 0. The summed E-state index contributed by atoms with van der Waals surface area (Å²) >= 11 is 0. The van der Waals surface area contributed by atoms with Gasteiger partial charge in [0.05, 0.1) is 5.60 Å². The molecule has 0 aliphatic rings. The van der Waals surface area contributed by atoms with Gasteiger partial charge in [-0.2, -0.15) is 0 Å². The number of aliphatic carboxylic acids is 1. The maximum Gasteiger partial charge on any atom is 0.323 e. The van der Waals surface area contributed by atoms with E-state index in [1.807, 2.05) is 20.8 Å². The quantitative estimate of drug-likeness (QED) is 0.815. The first kappa shape index (κ1) is 15.9. The van der Waals surface area contributed by atoms with Crippen LogP contribution in [-0.4, -0.2) is 46.2 Å². The largest absolute Gasteiger partial charge is 0.480 e. The zero-order valence-corrected chi connectivity index (χ0v) is 11.5. The van der Waals surface area contributed by atoms with Gasteiger partial charge in [-0.05, 0) is 41.5 Å². The van der Waals surface area contributed by atoms with Crippen molar-refractivity contribution in [1.29, 1.82) is 0 Å². The van der Waals surface area contributed by atoms with Crippen LogP contribution in [0.1, 0.15) is 41.5 Å². The summed E-state index contributed by atoms with van der Waals surface area (Å²) in [5.41, 5.74) is -0.945. The van der Waals surface area contributed by atoms with Gasteiger partial charge in [0.2, 0.25) is 5.91 Å². The van der Waals surface area contributed by atoms with Crippen molar-refractivity contribution >= 4 is 11.9 Å². The van der Waals surface area contributed by atoms with Crippen LogP contribution in [0.3, 0.4) is 0 Å². The van der Waals surface area contributed by atoms with Crippen LogP contribution in [0.4, 0.5) is 0 Å². The van der Waals surface area contributed by atoms with Gasteiger partial charge in [-0.25, -0.2) is 0 Å². The lowest BCUT2D eigenvalue weighted by atomic mass is 10.1. The molecule has 0 aromatic carbocycles. The van der Waals surface area contributed by atoms with Crippen LogP contribution in [0.2, 0.25) is 0 Å². The summed E-state index contributed by atoms with van der Waals surface area (Å²) in [5.74, 6) is -1.33. The minimum atomic E-state index is -1.02. The molecule has 0 bridgehead atoms. The van der Waals surface area contributed by atoms with Crippen LogP contribution in [-0.2, 0) is 14.3 Å². The fourth-order valence-electron chi connectivity index (χ4n) is 1.19. The van der Waals surface area contributed by atoms with Gasteiger partial charge in [0.25, 0.3) is 0 Å². The van der Waals surface area contributed by atoms with Crippen molar-refractivity contribution in [2.45, 2.75) is 52.7 Å². The molecule has 0 aromatic heterocycles. The van der Waals surface area contributed by atoms with Crippen LogP contribution in [0.5, 0.6) is 0 Å². The third-order valence-corrected chi connectivity index (χ3v) is 2.03. The predicted octanol–water partition coefficient (Wildman–Crippen LogP) is 1.51. The first-order chi connectivity index (χ1) is 7.43. The Balaban J connectivity index is 4.61. The summed E-state index contributed by atoms with van der Waals surface area (Å²) < 4.78 is 5.36. The van der Waals surface area contributed by atoms with Crippen molar-refractivity contribution in [1.82, 2.24) is 4.90 Å². The Morgan fingerprint density at radius 2 is 1.59 bits per heavy atom. The standard InChI is InChI=1S/C12H23NO4/c1-11(2,3)13(7-10(15)16)9(14)8-17-12(4,5)6/h7-8H2,1-6H3,(H,15,16). The molecule has 0 aliphatic carbocycles. The minimum Gasteiger partial charge on any atom is -0.480 e. The third kappa shape index (κ3) is 6.94. The Morgan fingerprint density at radius 1 is 1.12 bits per heavy atom. The van der Waals surface area contributed by atoms with Crippen LogP contribution in [0, 0.1) is 0 Å². The second-order valence-electron chi connectivity index (χ2n) is 5.95. The first-order valence-electron chi connectivity index (χ1n) is 5.60. The van der Waals surface area contributed by atoms with E-state index in [1.54, 1.807) is 20.8 Å². The van der Waals surface area contributed by atoms with Gasteiger partial charge in [0.15, 0.2) is 0 Å². The molecular weight excluding hydrogens is 222 g/mol. The highest BCUT2D eigenvalue weighted by Crippen LogP contribution is 2.14. The van der Waals surface area contributed by atoms with Gasteiger partial charge >= 0.3 is 5.97 Å². The number of hydrogen-bond donors (Lipinski definition) is 1. The number of carboxylic acid groups (broad SMARTS) is 1. The van der Waals surface area contributed by atoms with Gasteiger partial charge < -0.3 is 14.7 Å². The second kappa shape index (κ2) is 5.49. The zero-order chi connectivity index (χ0) is 13.9. The monoisotopic (exact) mass is 245 g/mol. The van der Waals surface area contributed by atoms with E-state index in [0.29, 0.717) is 0 Å². The van der Waals surface area contributed by atoms with Gasteiger partial charge in [0, 0.05) is 5.54 Å². The summed E-state index contributed by atoms with van der Waals surface area (Å²) in [7, 11) is 0. The molecule has 0 rings (SSSR count). The average Bonchev–Trinajstić information content (AvgIpc) is 2.07. The number of carboxylic acids is 1. The number of rotatable bonds is 4. The number of amides is 1. The SMILES string of the molecule is CC(C)(C)OCC(=O)N(CC(=O)O)C(C)(C)C. The Kier molecular flexibility index (Phi) is 5.13. The van der Waals surface area contributed by atoms with Crippen molar-refractivity contribution in [2.24, 2.45) is 0 Å². The van der Waals surface area contributed by atoms with Crippen molar-refractivity contribution in [3.8, 4) is 0 Å². The van der Waals surface area contributed by atoms with Gasteiger partial charge in [0.1, 0.15) is 13.2 Å². The molecule has 1 amide bonds. The third-order valence-electron chi connectivity index (χ3n) is 2.03. The molecule has 17 heavy (non-hydrogen) atoms. The van der Waals surface area contributed by atoms with Gasteiger partial charge in [-0.1, -0.05) is 0 Å². The van der Waals surface area contributed by atoms with Gasteiger partial charge in [-0.3, -0.25) is 9.59 Å². The Hall–Kier alpha value is -1.10. The van der Waals surface area contributed by atoms with Crippen LogP contribution < -0.4 is 0 Å². The average molecular weight is 245 g/mol. The van der Waals surface area contributed by atoms with E-state index in [4.69, 9.17) is 9.84 Å². The van der Waals surface area contributed by atoms with E-state index in [1.165, 1.54) is 4.90 Å². The van der Waals surface area contributed by atoms with Crippen LogP contribution >= 0.6 is 0 Å². The number of hydrogen-bond acceptors (Lipinski definition) is 3. The molecule has 5 nitrogen and oxygen atoms in total. The molecule has 0 spiro atoms. The molecule has 0 unspecified atom stereocenters. The highest BCUT2D eigenvalue weighted by Gasteiger charge is 2.29. The molecule has 100 valence electrons. The number of carbonyl (C=O) groups excluding carboxylic acids is 1. The maximum absolute atomic E-state index is 11.9. The summed E-state index contributed by atoms with van der Waals surface area (Å²) in [6.45, 7) is 10.5. The molecule has 0 saturated carbocycles. The summed E-state index contributed by atoms with van der Waals surface area (Å²) in [4.78, 5) is 23.9. The van der Waals surface area contributed by atoms with Crippen molar-refractivity contribution < 1.29 is 19.4 Å². The molecule has 0 radical (unpaired) electrons. The zero-order valence-electron chi connectivity index (χ0n) is 11.5. The Morgan fingerprint density at radius 3 is 1.88 bits per heavy atom. The number of nitrogens with zero attached hydrogens (tertiary/aromatic N) is 1. The molecule has 0 aliphatic heterocycles. The molecular formula is C12H23NO4. The number of ether oxygens (including phenoxy) is 1. The van der Waals surface area contributed by atoms with E-state index >= 15 is 0 Å². The lowest BCUT2D eigenvalue weighted by Crippen LogP contribution is -2.50. The highest BCUT2D eigenvalue weighted by atomic mass is 16.5. The van der Waals surface area contributed by atoms with E-state index in [9.17, 15) is 9.59 Å². The molecule has 5 heteroatoms. The lowest BCUT2D eigenvalue weighted by molar-refractivity contribution is -0.153. The summed E-state index contributed by atoms with van der Waals surface area (Å²) in [5, 5.41) is 8.79. The Labute approximate surface area is 103 Å². The topological polar surface area (TPSA) is 66.8 Å². The second-order valence-corrected chi connectivity index (χ2v) is 5.95. The molecule has 1 N–H and O–H groups in total. The van der Waals surface area contributed by atoms with Crippen molar-refractivity contribution in [2.75, 3.05) is 13.2 Å². The van der Waals surface area contributed by atoms with Crippen LogP contribution in [0.25, 0.3) is 0 Å².